The lowest BCUT2D eigenvalue weighted by molar-refractivity contribution is -0.119. The van der Waals surface area contributed by atoms with E-state index in [2.05, 4.69) is 10.5 Å². The van der Waals surface area contributed by atoms with E-state index in [9.17, 15) is 23.1 Å². The molecular weight excluding hydrogens is 470 g/mol. The molecule has 0 aliphatic heterocycles. The van der Waals surface area contributed by atoms with Gasteiger partial charge in [0, 0.05) is 5.56 Å². The zero-order chi connectivity index (χ0) is 25.4. The molecule has 3 aromatic rings. The quantitative estimate of drug-likeness (QED) is 0.328. The van der Waals surface area contributed by atoms with E-state index in [4.69, 9.17) is 4.74 Å². The number of nitrogens with one attached hydrogen (secondary N) is 1. The molecule has 3 aromatic carbocycles. The number of aromatic carboxylic acids is 1. The second-order valence-corrected chi connectivity index (χ2v) is 9.30. The number of rotatable bonds is 10. The topological polar surface area (TPSA) is 125 Å². The third-order valence-corrected chi connectivity index (χ3v) is 6.70. The number of carbonyl (C=O) groups is 2. The largest absolute Gasteiger partial charge is 0.494 e. The van der Waals surface area contributed by atoms with Crippen molar-refractivity contribution in [2.45, 2.75) is 18.7 Å². The van der Waals surface area contributed by atoms with Crippen molar-refractivity contribution in [2.75, 3.05) is 17.5 Å². The van der Waals surface area contributed by atoms with Gasteiger partial charge in [-0.15, -0.1) is 0 Å². The van der Waals surface area contributed by atoms with Gasteiger partial charge in [0.05, 0.1) is 29.0 Å². The van der Waals surface area contributed by atoms with Crippen LogP contribution in [-0.4, -0.2) is 44.8 Å². The van der Waals surface area contributed by atoms with E-state index >= 15 is 0 Å². The number of amides is 1. The molecule has 2 N–H and O–H groups in total. The summed E-state index contributed by atoms with van der Waals surface area (Å²) in [5.41, 5.74) is 3.81. The smallest absolute Gasteiger partial charge is 0.336 e. The first kappa shape index (κ1) is 25.4. The van der Waals surface area contributed by atoms with Crippen LogP contribution in [0.1, 0.15) is 28.4 Å². The van der Waals surface area contributed by atoms with Crippen LogP contribution in [0.25, 0.3) is 0 Å². The number of sulfonamides is 1. The Kier molecular flexibility index (Phi) is 8.21. The van der Waals surface area contributed by atoms with E-state index in [1.807, 2.05) is 13.8 Å². The van der Waals surface area contributed by atoms with Crippen molar-refractivity contribution in [1.29, 1.82) is 0 Å². The van der Waals surface area contributed by atoms with Crippen LogP contribution in [0.15, 0.2) is 82.8 Å². The predicted molar refractivity (Wildman–Crippen MR) is 132 cm³/mol. The fraction of sp³-hybridized carbons (Fsp3) is 0.160. The van der Waals surface area contributed by atoms with Gasteiger partial charge in [-0.3, -0.25) is 9.10 Å². The van der Waals surface area contributed by atoms with Gasteiger partial charge in [0.1, 0.15) is 12.3 Å². The Bertz CT molecular complexity index is 1320. The summed E-state index contributed by atoms with van der Waals surface area (Å²) in [6.07, 6.45) is 1.19. The predicted octanol–water partition coefficient (Wildman–Crippen LogP) is 3.44. The van der Waals surface area contributed by atoms with Crippen LogP contribution in [-0.2, 0) is 14.8 Å². The number of hydrogen-bond acceptors (Lipinski definition) is 6. The van der Waals surface area contributed by atoms with Crippen LogP contribution in [0.2, 0.25) is 0 Å². The number of benzene rings is 3. The molecule has 1 amide bonds. The molecule has 35 heavy (non-hydrogen) atoms. The first-order valence-electron chi connectivity index (χ1n) is 10.7. The van der Waals surface area contributed by atoms with Crippen LogP contribution in [0.4, 0.5) is 5.69 Å². The maximum absolute atomic E-state index is 13.4. The summed E-state index contributed by atoms with van der Waals surface area (Å²) < 4.78 is 33.2. The van der Waals surface area contributed by atoms with E-state index in [1.54, 1.807) is 48.5 Å². The Balaban J connectivity index is 1.84. The number of carboxylic acid groups (broad SMARTS) is 1. The number of aryl methyl sites for hydroxylation is 1. The van der Waals surface area contributed by atoms with Crippen LogP contribution < -0.4 is 14.5 Å². The normalized spacial score (nSPS) is 11.3. The molecule has 0 aliphatic rings. The molecule has 0 heterocycles. The van der Waals surface area contributed by atoms with E-state index in [1.165, 1.54) is 30.5 Å². The minimum absolute atomic E-state index is 0.00628. The number of hydrogen-bond donors (Lipinski definition) is 2. The maximum Gasteiger partial charge on any atom is 0.336 e. The van der Waals surface area contributed by atoms with E-state index in [0.717, 1.165) is 9.87 Å². The molecule has 0 bridgehead atoms. The summed E-state index contributed by atoms with van der Waals surface area (Å²) in [5, 5.41) is 13.1. The summed E-state index contributed by atoms with van der Waals surface area (Å²) in [5.74, 6) is -1.31. The number of carbonyl (C=O) groups excluding carboxylic acids is 1. The zero-order valence-electron chi connectivity index (χ0n) is 19.2. The molecule has 0 aromatic heterocycles. The van der Waals surface area contributed by atoms with Crippen molar-refractivity contribution >= 4 is 33.8 Å². The molecule has 182 valence electrons. The fourth-order valence-corrected chi connectivity index (χ4v) is 4.59. The van der Waals surface area contributed by atoms with Crippen molar-refractivity contribution in [3.63, 3.8) is 0 Å². The van der Waals surface area contributed by atoms with Gasteiger partial charge in [-0.05, 0) is 56.3 Å². The molecular formula is C25H25N3O6S. The second kappa shape index (κ2) is 11.3. The molecule has 0 atom stereocenters. The lowest BCUT2D eigenvalue weighted by Crippen LogP contribution is -2.39. The number of nitrogens with zero attached hydrogens (tertiary/aromatic N) is 2. The molecule has 3 rings (SSSR count). The molecule has 0 unspecified atom stereocenters. The highest BCUT2D eigenvalue weighted by atomic mass is 32.2. The highest BCUT2D eigenvalue weighted by Gasteiger charge is 2.27. The van der Waals surface area contributed by atoms with E-state index < -0.39 is 28.4 Å². The van der Waals surface area contributed by atoms with E-state index in [-0.39, 0.29) is 16.0 Å². The molecule has 0 radical (unpaired) electrons. The lowest BCUT2D eigenvalue weighted by Gasteiger charge is -2.24. The molecule has 10 heteroatoms. The van der Waals surface area contributed by atoms with Crippen LogP contribution in [0.5, 0.6) is 5.75 Å². The average molecular weight is 496 g/mol. The summed E-state index contributed by atoms with van der Waals surface area (Å²) in [6.45, 7) is 3.59. The standard InChI is InChI=1S/C25H25N3O6S/c1-3-34-21-12-14-22(15-13-21)35(32,33)28(20-10-8-18(2)9-11-20)17-24(29)27-26-16-19-6-4-5-7-23(19)25(30)31/h4-16H,3,17H2,1-2H3,(H,27,29)(H,30,31)/b26-16-. The van der Waals surface area contributed by atoms with Gasteiger partial charge < -0.3 is 9.84 Å². The minimum Gasteiger partial charge on any atom is -0.494 e. The summed E-state index contributed by atoms with van der Waals surface area (Å²) >= 11 is 0. The fourth-order valence-electron chi connectivity index (χ4n) is 3.17. The third kappa shape index (κ3) is 6.45. The first-order chi connectivity index (χ1) is 16.7. The highest BCUT2D eigenvalue weighted by Crippen LogP contribution is 2.25. The first-order valence-corrected chi connectivity index (χ1v) is 12.1. The van der Waals surface area contributed by atoms with Crippen LogP contribution >= 0.6 is 0 Å². The number of carboxylic acids is 1. The maximum atomic E-state index is 13.4. The third-order valence-electron chi connectivity index (χ3n) is 4.92. The van der Waals surface area contributed by atoms with Gasteiger partial charge in [0.25, 0.3) is 15.9 Å². The highest BCUT2D eigenvalue weighted by molar-refractivity contribution is 7.92. The molecule has 0 saturated carbocycles. The van der Waals surface area contributed by atoms with Gasteiger partial charge in [-0.1, -0.05) is 35.9 Å². The number of ether oxygens (including phenoxy) is 1. The Morgan fingerprint density at radius 2 is 1.69 bits per heavy atom. The molecule has 9 nitrogen and oxygen atoms in total. The molecule has 0 spiro atoms. The van der Waals surface area contributed by atoms with Gasteiger partial charge in [-0.25, -0.2) is 18.6 Å². The second-order valence-electron chi connectivity index (χ2n) is 7.44. The Labute approximate surface area is 203 Å². The number of anilines is 1. The molecule has 0 aliphatic carbocycles. The van der Waals surface area contributed by atoms with Crippen molar-refractivity contribution in [3.05, 3.63) is 89.5 Å². The lowest BCUT2D eigenvalue weighted by atomic mass is 10.1. The average Bonchev–Trinajstić information content (AvgIpc) is 2.84. The summed E-state index contributed by atoms with van der Waals surface area (Å²) in [6, 6.07) is 18.8. The van der Waals surface area contributed by atoms with Crippen molar-refractivity contribution in [1.82, 2.24) is 5.43 Å². The number of hydrazone groups is 1. The SMILES string of the molecule is CCOc1ccc(S(=O)(=O)N(CC(=O)N/N=C\c2ccccc2C(=O)O)c2ccc(C)cc2)cc1. The van der Waals surface area contributed by atoms with Gasteiger partial charge >= 0.3 is 5.97 Å². The molecule has 0 fully saturated rings. The van der Waals surface area contributed by atoms with Gasteiger partial charge in [0.2, 0.25) is 0 Å². The monoisotopic (exact) mass is 495 g/mol. The van der Waals surface area contributed by atoms with Gasteiger partial charge in [-0.2, -0.15) is 5.10 Å². The van der Waals surface area contributed by atoms with Crippen molar-refractivity contribution in [2.24, 2.45) is 5.10 Å². The minimum atomic E-state index is -4.10. The Morgan fingerprint density at radius 3 is 2.31 bits per heavy atom. The van der Waals surface area contributed by atoms with Crippen LogP contribution in [0, 0.1) is 6.92 Å². The Hall–Kier alpha value is -4.18. The molecule has 0 saturated heterocycles. The van der Waals surface area contributed by atoms with Crippen molar-refractivity contribution < 1.29 is 27.9 Å². The Morgan fingerprint density at radius 1 is 1.03 bits per heavy atom. The van der Waals surface area contributed by atoms with Gasteiger partial charge in [0.15, 0.2) is 0 Å². The van der Waals surface area contributed by atoms with Crippen molar-refractivity contribution in [3.8, 4) is 5.75 Å². The summed E-state index contributed by atoms with van der Waals surface area (Å²) in [4.78, 5) is 24.0. The zero-order valence-corrected chi connectivity index (χ0v) is 20.0. The van der Waals surface area contributed by atoms with Crippen LogP contribution in [0.3, 0.4) is 0 Å². The van der Waals surface area contributed by atoms with E-state index in [0.29, 0.717) is 18.0 Å². The summed E-state index contributed by atoms with van der Waals surface area (Å²) in [7, 11) is -4.10.